The van der Waals surface area contributed by atoms with Crippen molar-refractivity contribution in [2.75, 3.05) is 17.6 Å². The Morgan fingerprint density at radius 3 is 2.22 bits per heavy atom. The highest BCUT2D eigenvalue weighted by atomic mass is 32.2. The van der Waals surface area contributed by atoms with Gasteiger partial charge in [-0.05, 0) is 37.1 Å². The Kier molecular flexibility index (Phi) is 6.33. The molecule has 1 heterocycles. The zero-order chi connectivity index (χ0) is 20.4. The highest BCUT2D eigenvalue weighted by Gasteiger charge is 2.22. The maximum atomic E-state index is 13.4. The molecule has 0 aliphatic heterocycles. The first-order chi connectivity index (χ1) is 12.5. The van der Waals surface area contributed by atoms with Crippen molar-refractivity contribution in [1.82, 2.24) is 9.97 Å². The molecule has 6 nitrogen and oxygen atoms in total. The topological polar surface area (TPSA) is 83.4 Å². The van der Waals surface area contributed by atoms with Crippen molar-refractivity contribution in [2.24, 2.45) is 0 Å². The van der Waals surface area contributed by atoms with Crippen LogP contribution in [0.2, 0.25) is 0 Å². The monoisotopic (exact) mass is 393 g/mol. The Morgan fingerprint density at radius 2 is 1.74 bits per heavy atom. The third-order valence-electron chi connectivity index (χ3n) is 3.95. The lowest BCUT2D eigenvalue weighted by Gasteiger charge is -2.20. The highest BCUT2D eigenvalue weighted by Crippen LogP contribution is 2.31. The Hall–Kier alpha value is -2.32. The van der Waals surface area contributed by atoms with Crippen LogP contribution in [0.1, 0.15) is 37.9 Å². The summed E-state index contributed by atoms with van der Waals surface area (Å²) in [5.74, 6) is -0.381. The molecule has 0 saturated heterocycles. The van der Waals surface area contributed by atoms with E-state index in [4.69, 9.17) is 0 Å². The van der Waals surface area contributed by atoms with E-state index in [0.29, 0.717) is 22.5 Å². The van der Waals surface area contributed by atoms with Gasteiger partial charge in [0, 0.05) is 18.2 Å². The molecule has 0 fully saturated rings. The second-order valence-electron chi connectivity index (χ2n) is 6.66. The van der Waals surface area contributed by atoms with Crippen molar-refractivity contribution in [3.05, 3.63) is 47.4 Å². The van der Waals surface area contributed by atoms with Gasteiger partial charge in [-0.1, -0.05) is 26.0 Å². The van der Waals surface area contributed by atoms with Crippen LogP contribution in [0.3, 0.4) is 0 Å². The summed E-state index contributed by atoms with van der Waals surface area (Å²) >= 11 is 0. The Morgan fingerprint density at radius 1 is 1.15 bits per heavy atom. The second kappa shape index (κ2) is 8.14. The molecular weight excluding hydrogens is 369 g/mol. The summed E-state index contributed by atoms with van der Waals surface area (Å²) in [6.45, 7) is 5.48. The highest BCUT2D eigenvalue weighted by molar-refractivity contribution is 7.92. The molecule has 0 amide bonds. The SMILES string of the molecule is CC(O)C=Cc1c(-c2ccc(F)cc2)nc(N(C)S(C)(=O)=O)nc1C(C)C. The van der Waals surface area contributed by atoms with Crippen LogP contribution >= 0.6 is 0 Å². The minimum Gasteiger partial charge on any atom is -0.389 e. The molecule has 0 saturated carbocycles. The minimum absolute atomic E-state index is 0.0347. The quantitative estimate of drug-likeness (QED) is 0.815. The van der Waals surface area contributed by atoms with E-state index < -0.39 is 16.1 Å². The lowest BCUT2D eigenvalue weighted by molar-refractivity contribution is 0.245. The maximum Gasteiger partial charge on any atom is 0.239 e. The van der Waals surface area contributed by atoms with Gasteiger partial charge in [0.25, 0.3) is 0 Å². The van der Waals surface area contributed by atoms with E-state index in [1.54, 1.807) is 31.2 Å². The number of aliphatic hydroxyl groups is 1. The Bertz CT molecular complexity index is 939. The van der Waals surface area contributed by atoms with Crippen molar-refractivity contribution in [3.63, 3.8) is 0 Å². The van der Waals surface area contributed by atoms with E-state index in [1.165, 1.54) is 19.2 Å². The molecule has 27 heavy (non-hydrogen) atoms. The van der Waals surface area contributed by atoms with Crippen LogP contribution in [0.5, 0.6) is 0 Å². The van der Waals surface area contributed by atoms with Gasteiger partial charge < -0.3 is 5.11 Å². The predicted molar refractivity (Wildman–Crippen MR) is 105 cm³/mol. The van der Waals surface area contributed by atoms with Gasteiger partial charge in [-0.3, -0.25) is 0 Å². The third kappa shape index (κ3) is 5.11. The fraction of sp³-hybridized carbons (Fsp3) is 0.368. The molecule has 0 aliphatic rings. The van der Waals surface area contributed by atoms with Gasteiger partial charge in [-0.2, -0.15) is 0 Å². The molecule has 1 atom stereocenters. The van der Waals surface area contributed by atoms with E-state index in [9.17, 15) is 17.9 Å². The van der Waals surface area contributed by atoms with Gasteiger partial charge in [0.15, 0.2) is 0 Å². The van der Waals surface area contributed by atoms with Crippen LogP contribution in [0.15, 0.2) is 30.3 Å². The van der Waals surface area contributed by atoms with Crippen molar-refractivity contribution in [2.45, 2.75) is 32.8 Å². The number of aliphatic hydroxyl groups excluding tert-OH is 1. The third-order valence-corrected chi connectivity index (χ3v) is 5.11. The number of anilines is 1. The average molecular weight is 393 g/mol. The van der Waals surface area contributed by atoms with Crippen LogP contribution < -0.4 is 4.31 Å². The number of rotatable bonds is 6. The van der Waals surface area contributed by atoms with Crippen LogP contribution in [0, 0.1) is 5.82 Å². The van der Waals surface area contributed by atoms with Crippen molar-refractivity contribution < 1.29 is 17.9 Å². The molecule has 1 unspecified atom stereocenters. The lowest BCUT2D eigenvalue weighted by Crippen LogP contribution is -2.27. The standard InChI is InChI=1S/C19H24FN3O3S/c1-12(2)17-16(11-6-13(3)24)18(14-7-9-15(20)10-8-14)22-19(21-17)23(4)27(5,25)26/h6-13,24H,1-5H3. The number of halogens is 1. The molecular formula is C19H24FN3O3S. The lowest BCUT2D eigenvalue weighted by atomic mass is 9.98. The molecule has 146 valence electrons. The van der Waals surface area contributed by atoms with Crippen molar-refractivity contribution in [3.8, 4) is 11.3 Å². The summed E-state index contributed by atoms with van der Waals surface area (Å²) < 4.78 is 38.3. The summed E-state index contributed by atoms with van der Waals surface area (Å²) in [6.07, 6.45) is 3.70. The normalized spacial score (nSPS) is 13.3. The van der Waals surface area contributed by atoms with Crippen molar-refractivity contribution >= 4 is 22.0 Å². The fourth-order valence-electron chi connectivity index (χ4n) is 2.43. The first kappa shape index (κ1) is 21.0. The van der Waals surface area contributed by atoms with E-state index in [2.05, 4.69) is 9.97 Å². The number of benzene rings is 1. The number of nitrogens with zero attached hydrogens (tertiary/aromatic N) is 3. The number of aromatic nitrogens is 2. The molecule has 0 spiro atoms. The first-order valence-corrected chi connectivity index (χ1v) is 10.3. The second-order valence-corrected chi connectivity index (χ2v) is 8.68. The van der Waals surface area contributed by atoms with Gasteiger partial charge in [0.2, 0.25) is 16.0 Å². The average Bonchev–Trinajstić information content (AvgIpc) is 2.58. The zero-order valence-electron chi connectivity index (χ0n) is 16.0. The minimum atomic E-state index is -3.55. The van der Waals surface area contributed by atoms with Crippen LogP contribution in [0.25, 0.3) is 17.3 Å². The fourth-order valence-corrected chi connectivity index (χ4v) is 2.81. The molecule has 1 aromatic heterocycles. The summed E-state index contributed by atoms with van der Waals surface area (Å²) in [7, 11) is -2.17. The van der Waals surface area contributed by atoms with Crippen LogP contribution in [-0.4, -0.2) is 42.9 Å². The zero-order valence-corrected chi connectivity index (χ0v) is 16.8. The van der Waals surface area contributed by atoms with Crippen LogP contribution in [0.4, 0.5) is 10.3 Å². The van der Waals surface area contributed by atoms with Gasteiger partial charge in [0.1, 0.15) is 5.82 Å². The molecule has 0 aliphatic carbocycles. The van der Waals surface area contributed by atoms with E-state index in [-0.39, 0.29) is 17.7 Å². The molecule has 1 N–H and O–H groups in total. The van der Waals surface area contributed by atoms with Gasteiger partial charge in [-0.25, -0.2) is 27.1 Å². The Balaban J connectivity index is 2.82. The molecule has 2 aromatic rings. The number of sulfonamides is 1. The molecule has 1 aromatic carbocycles. The van der Waals surface area contributed by atoms with Gasteiger partial charge in [0.05, 0.1) is 23.7 Å². The van der Waals surface area contributed by atoms with E-state index in [0.717, 1.165) is 10.6 Å². The number of hydrogen-bond donors (Lipinski definition) is 1. The van der Waals surface area contributed by atoms with E-state index in [1.807, 2.05) is 13.8 Å². The largest absolute Gasteiger partial charge is 0.389 e. The van der Waals surface area contributed by atoms with Gasteiger partial charge in [-0.15, -0.1) is 0 Å². The Labute approximate surface area is 159 Å². The smallest absolute Gasteiger partial charge is 0.239 e. The summed E-state index contributed by atoms with van der Waals surface area (Å²) in [6, 6.07) is 5.78. The maximum absolute atomic E-state index is 13.4. The predicted octanol–water partition coefficient (Wildman–Crippen LogP) is 3.20. The summed E-state index contributed by atoms with van der Waals surface area (Å²) in [5.41, 5.74) is 2.38. The van der Waals surface area contributed by atoms with E-state index >= 15 is 0 Å². The van der Waals surface area contributed by atoms with Crippen LogP contribution in [-0.2, 0) is 10.0 Å². The summed E-state index contributed by atoms with van der Waals surface area (Å²) in [5, 5.41) is 9.63. The molecule has 8 heteroatoms. The van der Waals surface area contributed by atoms with Gasteiger partial charge >= 0.3 is 0 Å². The van der Waals surface area contributed by atoms with Crippen molar-refractivity contribution in [1.29, 1.82) is 0 Å². The summed E-state index contributed by atoms with van der Waals surface area (Å²) in [4.78, 5) is 8.89. The molecule has 0 radical (unpaired) electrons. The molecule has 2 rings (SSSR count). The first-order valence-electron chi connectivity index (χ1n) is 8.48. The number of hydrogen-bond acceptors (Lipinski definition) is 5. The molecule has 0 bridgehead atoms.